The highest BCUT2D eigenvalue weighted by molar-refractivity contribution is 6.32. The van der Waals surface area contributed by atoms with Gasteiger partial charge in [0.25, 0.3) is 0 Å². The van der Waals surface area contributed by atoms with E-state index < -0.39 is 0 Å². The van der Waals surface area contributed by atoms with Gasteiger partial charge in [0.05, 0.1) is 6.54 Å². The van der Waals surface area contributed by atoms with Gasteiger partial charge in [0.15, 0.2) is 0 Å². The largest absolute Gasteiger partial charge is 0.458 e. The van der Waals surface area contributed by atoms with Gasteiger partial charge >= 0.3 is 6.01 Å². The summed E-state index contributed by atoms with van der Waals surface area (Å²) in [5.74, 6) is -0.0443. The lowest BCUT2D eigenvalue weighted by atomic mass is 10.1. The van der Waals surface area contributed by atoms with Crippen molar-refractivity contribution in [3.8, 4) is 6.01 Å². The predicted molar refractivity (Wildman–Crippen MR) is 92.7 cm³/mol. The number of rotatable bonds is 4. The van der Waals surface area contributed by atoms with Crippen molar-refractivity contribution in [3.63, 3.8) is 0 Å². The fourth-order valence-corrected chi connectivity index (χ4v) is 2.81. The molecule has 1 aliphatic rings. The summed E-state index contributed by atoms with van der Waals surface area (Å²) in [5, 5.41) is 0.627. The fourth-order valence-electron chi connectivity index (χ4n) is 2.61. The number of hydrogen-bond acceptors (Lipinski definition) is 4. The SMILES string of the molecule is O=C(/C=C/c1ccccc1Cl)N1CCC[C@@H](Oc2ncccn2)C1. The van der Waals surface area contributed by atoms with Crippen molar-refractivity contribution in [2.45, 2.75) is 18.9 Å². The van der Waals surface area contributed by atoms with Crippen molar-refractivity contribution in [2.75, 3.05) is 13.1 Å². The van der Waals surface area contributed by atoms with Gasteiger partial charge in [-0.3, -0.25) is 4.79 Å². The Morgan fingerprint density at radius 3 is 2.83 bits per heavy atom. The van der Waals surface area contributed by atoms with Gasteiger partial charge in [-0.25, -0.2) is 9.97 Å². The first-order chi connectivity index (χ1) is 11.7. The average Bonchev–Trinajstić information content (AvgIpc) is 2.62. The average molecular weight is 344 g/mol. The smallest absolute Gasteiger partial charge is 0.316 e. The lowest BCUT2D eigenvalue weighted by Gasteiger charge is -2.31. The summed E-state index contributed by atoms with van der Waals surface area (Å²) >= 11 is 6.10. The summed E-state index contributed by atoms with van der Waals surface area (Å²) in [7, 11) is 0. The number of piperidine rings is 1. The second-order valence-electron chi connectivity index (χ2n) is 5.55. The van der Waals surface area contributed by atoms with Crippen LogP contribution in [0.4, 0.5) is 0 Å². The minimum absolute atomic E-state index is 0.0443. The quantitative estimate of drug-likeness (QED) is 0.800. The van der Waals surface area contributed by atoms with E-state index in [1.807, 2.05) is 18.2 Å². The molecule has 0 unspecified atom stereocenters. The molecule has 0 aliphatic carbocycles. The third-order valence-electron chi connectivity index (χ3n) is 3.81. The zero-order valence-electron chi connectivity index (χ0n) is 13.1. The molecule has 0 spiro atoms. The molecular formula is C18H18ClN3O2. The highest BCUT2D eigenvalue weighted by atomic mass is 35.5. The highest BCUT2D eigenvalue weighted by Crippen LogP contribution is 2.18. The first-order valence-electron chi connectivity index (χ1n) is 7.87. The van der Waals surface area contributed by atoms with Gasteiger partial charge in [-0.05, 0) is 36.6 Å². The Balaban J connectivity index is 1.60. The van der Waals surface area contributed by atoms with Crippen LogP contribution in [0.5, 0.6) is 6.01 Å². The molecule has 2 heterocycles. The number of benzene rings is 1. The van der Waals surface area contributed by atoms with Crippen LogP contribution in [0.15, 0.2) is 48.8 Å². The Labute approximate surface area is 145 Å². The Kier molecular flexibility index (Phi) is 5.43. The summed E-state index contributed by atoms with van der Waals surface area (Å²) in [4.78, 5) is 22.3. The van der Waals surface area contributed by atoms with E-state index in [1.54, 1.807) is 41.6 Å². The molecule has 1 aliphatic heterocycles. The van der Waals surface area contributed by atoms with E-state index in [-0.39, 0.29) is 12.0 Å². The van der Waals surface area contributed by atoms with Gasteiger partial charge in [-0.15, -0.1) is 0 Å². The molecule has 2 aromatic rings. The molecule has 6 heteroatoms. The summed E-state index contributed by atoms with van der Waals surface area (Å²) in [6, 6.07) is 9.52. The first-order valence-corrected chi connectivity index (χ1v) is 8.25. The maximum atomic E-state index is 12.4. The minimum atomic E-state index is -0.0844. The fraction of sp³-hybridized carbons (Fsp3) is 0.278. The molecular weight excluding hydrogens is 326 g/mol. The van der Waals surface area contributed by atoms with Crippen LogP contribution < -0.4 is 4.74 Å². The molecule has 0 N–H and O–H groups in total. The zero-order chi connectivity index (χ0) is 16.8. The van der Waals surface area contributed by atoms with Crippen molar-refractivity contribution in [1.82, 2.24) is 14.9 Å². The first kappa shape index (κ1) is 16.5. The molecule has 1 amide bonds. The number of likely N-dealkylation sites (tertiary alicyclic amines) is 1. The minimum Gasteiger partial charge on any atom is -0.458 e. The van der Waals surface area contributed by atoms with Crippen LogP contribution in [0, 0.1) is 0 Å². The highest BCUT2D eigenvalue weighted by Gasteiger charge is 2.24. The van der Waals surface area contributed by atoms with E-state index in [0.29, 0.717) is 17.6 Å². The molecule has 3 rings (SSSR count). The van der Waals surface area contributed by atoms with Crippen LogP contribution >= 0.6 is 11.6 Å². The van der Waals surface area contributed by atoms with Gasteiger partial charge in [-0.2, -0.15) is 0 Å². The van der Waals surface area contributed by atoms with Gasteiger partial charge in [0.2, 0.25) is 5.91 Å². The van der Waals surface area contributed by atoms with Crippen LogP contribution in [-0.2, 0) is 4.79 Å². The molecule has 1 aromatic heterocycles. The van der Waals surface area contributed by atoms with Gasteiger partial charge in [0.1, 0.15) is 6.10 Å². The van der Waals surface area contributed by atoms with Crippen LogP contribution in [-0.4, -0.2) is 40.0 Å². The van der Waals surface area contributed by atoms with E-state index in [4.69, 9.17) is 16.3 Å². The molecule has 24 heavy (non-hydrogen) atoms. The third kappa shape index (κ3) is 4.32. The van der Waals surface area contributed by atoms with Gasteiger partial charge in [-0.1, -0.05) is 29.8 Å². The maximum Gasteiger partial charge on any atom is 0.316 e. The van der Waals surface area contributed by atoms with E-state index in [1.165, 1.54) is 0 Å². The van der Waals surface area contributed by atoms with E-state index in [0.717, 1.165) is 24.9 Å². The number of amides is 1. The number of carbonyl (C=O) groups excluding carboxylic acids is 1. The van der Waals surface area contributed by atoms with Crippen molar-refractivity contribution in [2.24, 2.45) is 0 Å². The monoisotopic (exact) mass is 343 g/mol. The second-order valence-corrected chi connectivity index (χ2v) is 5.96. The molecule has 0 saturated carbocycles. The number of aromatic nitrogens is 2. The molecule has 1 saturated heterocycles. The predicted octanol–water partition coefficient (Wildman–Crippen LogP) is 3.21. The topological polar surface area (TPSA) is 55.3 Å². The summed E-state index contributed by atoms with van der Waals surface area (Å²) < 4.78 is 5.76. The summed E-state index contributed by atoms with van der Waals surface area (Å²) in [5.41, 5.74) is 0.829. The molecule has 1 fully saturated rings. The van der Waals surface area contributed by atoms with E-state index in [2.05, 4.69) is 9.97 Å². The maximum absolute atomic E-state index is 12.4. The van der Waals surface area contributed by atoms with E-state index >= 15 is 0 Å². The number of hydrogen-bond donors (Lipinski definition) is 0. The van der Waals surface area contributed by atoms with Crippen LogP contribution in [0.25, 0.3) is 6.08 Å². The lowest BCUT2D eigenvalue weighted by molar-refractivity contribution is -0.128. The Morgan fingerprint density at radius 1 is 1.25 bits per heavy atom. The Morgan fingerprint density at radius 2 is 2.04 bits per heavy atom. The third-order valence-corrected chi connectivity index (χ3v) is 4.16. The standard InChI is InChI=1S/C18H18ClN3O2/c19-16-7-2-1-5-14(16)8-9-17(23)22-12-3-6-15(13-22)24-18-20-10-4-11-21-18/h1-2,4-5,7-11,15H,3,6,12-13H2/b9-8+/t15-/m1/s1. The molecule has 124 valence electrons. The zero-order valence-corrected chi connectivity index (χ0v) is 13.9. The number of ether oxygens (including phenoxy) is 1. The van der Waals surface area contributed by atoms with Crippen LogP contribution in [0.2, 0.25) is 5.02 Å². The number of carbonyl (C=O) groups is 1. The molecule has 0 bridgehead atoms. The van der Waals surface area contributed by atoms with E-state index in [9.17, 15) is 4.79 Å². The molecule has 1 aromatic carbocycles. The van der Waals surface area contributed by atoms with Crippen molar-refractivity contribution in [1.29, 1.82) is 0 Å². The number of nitrogens with zero attached hydrogens (tertiary/aromatic N) is 3. The van der Waals surface area contributed by atoms with Crippen molar-refractivity contribution < 1.29 is 9.53 Å². The normalized spacial score (nSPS) is 17.9. The van der Waals surface area contributed by atoms with Gasteiger partial charge < -0.3 is 9.64 Å². The second kappa shape index (κ2) is 7.93. The van der Waals surface area contributed by atoms with Crippen molar-refractivity contribution >= 4 is 23.6 Å². The number of halogens is 1. The lowest BCUT2D eigenvalue weighted by Crippen LogP contribution is -2.43. The summed E-state index contributed by atoms with van der Waals surface area (Å²) in [6.45, 7) is 1.26. The Hall–Kier alpha value is -2.40. The van der Waals surface area contributed by atoms with Crippen LogP contribution in [0.1, 0.15) is 18.4 Å². The molecule has 1 atom stereocenters. The van der Waals surface area contributed by atoms with Crippen molar-refractivity contribution in [3.05, 3.63) is 59.4 Å². The molecule has 5 nitrogen and oxygen atoms in total. The van der Waals surface area contributed by atoms with Gasteiger partial charge in [0, 0.05) is 30.0 Å². The van der Waals surface area contributed by atoms with Crippen LogP contribution in [0.3, 0.4) is 0 Å². The molecule has 0 radical (unpaired) electrons. The Bertz CT molecular complexity index is 721. The summed E-state index contributed by atoms with van der Waals surface area (Å²) in [6.07, 6.45) is 8.28.